The van der Waals surface area contributed by atoms with Gasteiger partial charge in [-0.3, -0.25) is 0 Å². The van der Waals surface area contributed by atoms with Gasteiger partial charge in [0.15, 0.2) is 0 Å². The van der Waals surface area contributed by atoms with Gasteiger partial charge in [-0.05, 0) is 12.8 Å². The van der Waals surface area contributed by atoms with Gasteiger partial charge in [0.05, 0.1) is 13.2 Å². The van der Waals surface area contributed by atoms with Gasteiger partial charge in [-0.25, -0.2) is 0 Å². The molecule has 3 nitrogen and oxygen atoms in total. The van der Waals surface area contributed by atoms with Crippen LogP contribution in [0.4, 0.5) is 0 Å². The lowest BCUT2D eigenvalue weighted by molar-refractivity contribution is -0.202. The zero-order chi connectivity index (χ0) is 6.86. The highest BCUT2D eigenvalue weighted by molar-refractivity contribution is 4.85. The van der Waals surface area contributed by atoms with Crippen LogP contribution in [0, 0.1) is 0 Å². The molecule has 2 saturated heterocycles. The summed E-state index contributed by atoms with van der Waals surface area (Å²) in [6.45, 7) is 2.73. The third-order valence-electron chi connectivity index (χ3n) is 2.08. The maximum atomic E-state index is 5.53. The van der Waals surface area contributed by atoms with Crippen molar-refractivity contribution in [3.63, 3.8) is 0 Å². The fourth-order valence-corrected chi connectivity index (χ4v) is 1.54. The molecule has 0 aliphatic carbocycles. The molecule has 0 aromatic heterocycles. The Bertz CT molecular complexity index is 110. The van der Waals surface area contributed by atoms with Crippen molar-refractivity contribution < 1.29 is 14.2 Å². The molecule has 1 spiro atoms. The normalized spacial score (nSPS) is 31.2. The van der Waals surface area contributed by atoms with Crippen LogP contribution in [0.2, 0.25) is 0 Å². The summed E-state index contributed by atoms with van der Waals surface area (Å²) in [5.74, 6) is 0. The lowest BCUT2D eigenvalue weighted by Crippen LogP contribution is -2.43. The van der Waals surface area contributed by atoms with Crippen LogP contribution in [0.15, 0.2) is 0 Å². The van der Waals surface area contributed by atoms with Crippen molar-refractivity contribution in [1.29, 1.82) is 0 Å². The molecule has 2 aliphatic heterocycles. The molecule has 0 aromatic carbocycles. The summed E-state index contributed by atoms with van der Waals surface area (Å²) in [5, 5.41) is 0. The number of hydrogen-bond donors (Lipinski definition) is 0. The van der Waals surface area contributed by atoms with Gasteiger partial charge in [-0.1, -0.05) is 0 Å². The summed E-state index contributed by atoms with van der Waals surface area (Å²) < 4.78 is 15.9. The number of hydrogen-bond acceptors (Lipinski definition) is 3. The molecule has 0 bridgehead atoms. The first kappa shape index (κ1) is 6.58. The van der Waals surface area contributed by atoms with Crippen LogP contribution in [0.25, 0.3) is 0 Å². The maximum absolute atomic E-state index is 5.53. The first-order valence-corrected chi connectivity index (χ1v) is 3.71. The molecule has 0 amide bonds. The van der Waals surface area contributed by atoms with Gasteiger partial charge in [0, 0.05) is 6.61 Å². The molecule has 2 fully saturated rings. The molecule has 0 radical (unpaired) electrons. The minimum absolute atomic E-state index is 0.0712. The van der Waals surface area contributed by atoms with E-state index in [0.29, 0.717) is 20.0 Å². The maximum Gasteiger partial charge on any atom is 0.147 e. The van der Waals surface area contributed by atoms with Gasteiger partial charge >= 0.3 is 0 Å². The first-order chi connectivity index (χ1) is 4.91. The van der Waals surface area contributed by atoms with Crippen LogP contribution in [0.1, 0.15) is 12.8 Å². The predicted octanol–water partition coefficient (Wildman–Crippen LogP) is 0.540. The third kappa shape index (κ3) is 1.05. The van der Waals surface area contributed by atoms with Crippen molar-refractivity contribution in [2.45, 2.75) is 18.4 Å². The molecule has 0 atom stereocenters. The number of ether oxygens (including phenoxy) is 3. The van der Waals surface area contributed by atoms with Crippen molar-refractivity contribution in [1.82, 2.24) is 0 Å². The Labute approximate surface area is 60.3 Å². The average molecular weight is 144 g/mol. The Balaban J connectivity index is 1.98. The van der Waals surface area contributed by atoms with Crippen molar-refractivity contribution in [3.05, 3.63) is 0 Å². The summed E-state index contributed by atoms with van der Waals surface area (Å²) in [6, 6.07) is 0. The van der Waals surface area contributed by atoms with E-state index in [1.165, 1.54) is 0 Å². The summed E-state index contributed by atoms with van der Waals surface area (Å²) in [4.78, 5) is 0. The molecule has 0 aromatic rings. The molecule has 10 heavy (non-hydrogen) atoms. The average Bonchev–Trinajstić information content (AvgIpc) is 2.39. The van der Waals surface area contributed by atoms with E-state index in [1.807, 2.05) is 0 Å². The predicted molar refractivity (Wildman–Crippen MR) is 34.7 cm³/mol. The summed E-state index contributed by atoms with van der Waals surface area (Å²) in [5.41, 5.74) is -0.0712. The second kappa shape index (κ2) is 2.49. The van der Waals surface area contributed by atoms with E-state index >= 15 is 0 Å². The second-order valence-corrected chi connectivity index (χ2v) is 2.95. The molecule has 0 unspecified atom stereocenters. The zero-order valence-corrected chi connectivity index (χ0v) is 5.97. The van der Waals surface area contributed by atoms with Crippen LogP contribution in [-0.2, 0) is 14.2 Å². The van der Waals surface area contributed by atoms with Crippen LogP contribution in [0.3, 0.4) is 0 Å². The van der Waals surface area contributed by atoms with E-state index in [2.05, 4.69) is 0 Å². The molecule has 3 heteroatoms. The van der Waals surface area contributed by atoms with E-state index < -0.39 is 0 Å². The molecular weight excluding hydrogens is 132 g/mol. The highest BCUT2D eigenvalue weighted by atomic mass is 16.7. The van der Waals surface area contributed by atoms with Crippen LogP contribution >= 0.6 is 0 Å². The Morgan fingerprint density at radius 1 is 1.10 bits per heavy atom. The van der Waals surface area contributed by atoms with E-state index in [4.69, 9.17) is 14.2 Å². The summed E-state index contributed by atoms with van der Waals surface area (Å²) in [6.07, 6.45) is 2.24. The van der Waals surface area contributed by atoms with Gasteiger partial charge in [-0.15, -0.1) is 0 Å². The standard InChI is InChI=1S/C7H12O3/c1-2-7(10-3-1)4-8-6-9-5-7/h1-6H2. The van der Waals surface area contributed by atoms with Crippen LogP contribution < -0.4 is 0 Å². The SMILES string of the molecule is C1COC2(C1)COCOC2. The Morgan fingerprint density at radius 3 is 2.50 bits per heavy atom. The van der Waals surface area contributed by atoms with Crippen molar-refractivity contribution >= 4 is 0 Å². The Hall–Kier alpha value is -0.120. The summed E-state index contributed by atoms with van der Waals surface area (Å²) in [7, 11) is 0. The molecule has 0 N–H and O–H groups in total. The minimum atomic E-state index is -0.0712. The highest BCUT2D eigenvalue weighted by Crippen LogP contribution is 2.28. The Kier molecular flexibility index (Phi) is 1.64. The van der Waals surface area contributed by atoms with Crippen molar-refractivity contribution in [2.24, 2.45) is 0 Å². The molecule has 2 aliphatic rings. The lowest BCUT2D eigenvalue weighted by Gasteiger charge is -2.31. The minimum Gasteiger partial charge on any atom is -0.370 e. The molecule has 58 valence electrons. The van der Waals surface area contributed by atoms with E-state index in [1.54, 1.807) is 0 Å². The quantitative estimate of drug-likeness (QED) is 0.496. The monoisotopic (exact) mass is 144 g/mol. The lowest BCUT2D eigenvalue weighted by atomic mass is 10.0. The van der Waals surface area contributed by atoms with Crippen LogP contribution in [0.5, 0.6) is 0 Å². The zero-order valence-electron chi connectivity index (χ0n) is 5.97. The van der Waals surface area contributed by atoms with Gasteiger partial charge in [-0.2, -0.15) is 0 Å². The highest BCUT2D eigenvalue weighted by Gasteiger charge is 2.37. The Morgan fingerprint density at radius 2 is 1.90 bits per heavy atom. The van der Waals surface area contributed by atoms with Crippen LogP contribution in [-0.4, -0.2) is 32.2 Å². The largest absolute Gasteiger partial charge is 0.370 e. The molecule has 2 rings (SSSR count). The molecule has 2 heterocycles. The van der Waals surface area contributed by atoms with Gasteiger partial charge in [0.25, 0.3) is 0 Å². The van der Waals surface area contributed by atoms with Crippen molar-refractivity contribution in [3.8, 4) is 0 Å². The fourth-order valence-electron chi connectivity index (χ4n) is 1.54. The second-order valence-electron chi connectivity index (χ2n) is 2.95. The first-order valence-electron chi connectivity index (χ1n) is 3.71. The van der Waals surface area contributed by atoms with Gasteiger partial charge in [0.1, 0.15) is 12.4 Å². The van der Waals surface area contributed by atoms with E-state index in [0.717, 1.165) is 19.4 Å². The smallest absolute Gasteiger partial charge is 0.147 e. The van der Waals surface area contributed by atoms with E-state index in [9.17, 15) is 0 Å². The van der Waals surface area contributed by atoms with E-state index in [-0.39, 0.29) is 5.60 Å². The topological polar surface area (TPSA) is 27.7 Å². The van der Waals surface area contributed by atoms with Gasteiger partial charge < -0.3 is 14.2 Å². The fraction of sp³-hybridized carbons (Fsp3) is 1.00. The summed E-state index contributed by atoms with van der Waals surface area (Å²) >= 11 is 0. The molecular formula is C7H12O3. The third-order valence-corrected chi connectivity index (χ3v) is 2.08. The number of rotatable bonds is 0. The molecule has 0 saturated carbocycles. The van der Waals surface area contributed by atoms with Gasteiger partial charge in [0.2, 0.25) is 0 Å². The van der Waals surface area contributed by atoms with Crippen molar-refractivity contribution in [2.75, 3.05) is 26.6 Å².